The van der Waals surface area contributed by atoms with E-state index in [1.54, 1.807) is 30.3 Å². The molecule has 14 N–H and O–H groups in total. The highest BCUT2D eigenvalue weighted by Crippen LogP contribution is 2.11. The zero-order valence-electron chi connectivity index (χ0n) is 30.7. The zero-order valence-corrected chi connectivity index (χ0v) is 30.7. The molecule has 0 radical (unpaired) electrons. The number of aliphatic hydroxyl groups excluding tert-OH is 4. The van der Waals surface area contributed by atoms with Gasteiger partial charge < -0.3 is 68.7 Å². The van der Waals surface area contributed by atoms with Crippen LogP contribution in [0.25, 0.3) is 0 Å². The number of rotatable bonds is 13. The number of amides is 8. The fraction of sp³-hybridized carbons (Fsp3) is 0.588. The van der Waals surface area contributed by atoms with Crippen LogP contribution in [0.3, 0.4) is 0 Å². The molecule has 1 aliphatic rings. The van der Waals surface area contributed by atoms with Crippen molar-refractivity contribution in [2.45, 2.75) is 93.8 Å². The van der Waals surface area contributed by atoms with Gasteiger partial charge in [-0.05, 0) is 38.2 Å². The maximum absolute atomic E-state index is 13.6. The van der Waals surface area contributed by atoms with Crippen LogP contribution in [-0.4, -0.2) is 154 Å². The SMILES string of the molecule is CC(O)[C@@H]1NC(=O)[C@@H](NC(=O)[C@@H](N)CO)CCC(=O)NCCCC[C@@H](C(=O)N[C@@H](CO)C(=O)N(C)[C@@H](Cc2ccccc2)C(N)=O)NC(=O)[C@H](CO)NC1=O. The molecule has 8 amide bonds. The first-order valence-corrected chi connectivity index (χ1v) is 17.7. The van der Waals surface area contributed by atoms with Crippen LogP contribution in [0.5, 0.6) is 0 Å². The van der Waals surface area contributed by atoms with Gasteiger partial charge >= 0.3 is 0 Å². The molecule has 8 atom stereocenters. The van der Waals surface area contributed by atoms with E-state index < -0.39 is 115 Å². The highest BCUT2D eigenvalue weighted by atomic mass is 16.3. The van der Waals surface area contributed by atoms with Gasteiger partial charge in [-0.2, -0.15) is 0 Å². The second-order valence-electron chi connectivity index (χ2n) is 13.1. The lowest BCUT2D eigenvalue weighted by Crippen LogP contribution is -2.62. The van der Waals surface area contributed by atoms with Gasteiger partial charge in [0.15, 0.2) is 0 Å². The number of primary amides is 1. The molecular weight excluding hydrogens is 726 g/mol. The predicted octanol–water partition coefficient (Wildman–Crippen LogP) is -6.27. The van der Waals surface area contributed by atoms with E-state index >= 15 is 0 Å². The van der Waals surface area contributed by atoms with Crippen molar-refractivity contribution in [3.05, 3.63) is 35.9 Å². The Morgan fingerprint density at radius 3 is 2.18 bits per heavy atom. The van der Waals surface area contributed by atoms with E-state index in [1.165, 1.54) is 7.05 Å². The average molecular weight is 780 g/mol. The van der Waals surface area contributed by atoms with E-state index in [1.807, 2.05) is 0 Å². The number of nitrogens with zero attached hydrogens (tertiary/aromatic N) is 1. The van der Waals surface area contributed by atoms with Crippen LogP contribution in [0.2, 0.25) is 0 Å². The summed E-state index contributed by atoms with van der Waals surface area (Å²) in [7, 11) is 1.28. The van der Waals surface area contributed by atoms with Crippen LogP contribution in [0.4, 0.5) is 0 Å². The van der Waals surface area contributed by atoms with E-state index in [4.69, 9.17) is 11.5 Å². The number of carbonyl (C=O) groups excluding carboxylic acids is 8. The molecule has 1 aromatic carbocycles. The Morgan fingerprint density at radius 1 is 0.927 bits per heavy atom. The minimum Gasteiger partial charge on any atom is -0.394 e. The Balaban J connectivity index is 2.31. The molecule has 1 unspecified atom stereocenters. The summed E-state index contributed by atoms with van der Waals surface area (Å²) in [6.45, 7) is -1.45. The lowest BCUT2D eigenvalue weighted by molar-refractivity contribution is -0.142. The summed E-state index contributed by atoms with van der Waals surface area (Å²) in [4.78, 5) is 105. The van der Waals surface area contributed by atoms with Gasteiger partial charge in [-0.25, -0.2) is 0 Å². The zero-order chi connectivity index (χ0) is 41.2. The Hall–Kier alpha value is -5.22. The van der Waals surface area contributed by atoms with Crippen LogP contribution >= 0.6 is 0 Å². The Labute approximate surface area is 317 Å². The molecule has 55 heavy (non-hydrogen) atoms. The molecule has 0 aliphatic carbocycles. The Morgan fingerprint density at radius 2 is 1.60 bits per heavy atom. The van der Waals surface area contributed by atoms with Gasteiger partial charge in [-0.15, -0.1) is 0 Å². The van der Waals surface area contributed by atoms with Crippen molar-refractivity contribution in [3.63, 3.8) is 0 Å². The summed E-state index contributed by atoms with van der Waals surface area (Å²) < 4.78 is 0. The summed E-state index contributed by atoms with van der Waals surface area (Å²) in [6.07, 6.45) is -1.77. The average Bonchev–Trinajstić information content (AvgIpc) is 3.16. The van der Waals surface area contributed by atoms with Crippen molar-refractivity contribution in [1.82, 2.24) is 36.8 Å². The third-order valence-electron chi connectivity index (χ3n) is 8.79. The molecular formula is C34H53N9O12. The van der Waals surface area contributed by atoms with Crippen molar-refractivity contribution in [2.24, 2.45) is 11.5 Å². The quantitative estimate of drug-likeness (QED) is 0.0888. The molecule has 1 aromatic rings. The first-order valence-electron chi connectivity index (χ1n) is 17.7. The Bertz CT molecular complexity index is 1500. The topological polar surface area (TPSA) is 345 Å². The molecule has 0 bridgehead atoms. The second kappa shape index (κ2) is 22.9. The summed E-state index contributed by atoms with van der Waals surface area (Å²) >= 11 is 0. The maximum Gasteiger partial charge on any atom is 0.247 e. The molecule has 1 saturated heterocycles. The lowest BCUT2D eigenvalue weighted by atomic mass is 10.0. The number of nitrogens with one attached hydrogen (secondary N) is 6. The van der Waals surface area contributed by atoms with Gasteiger partial charge in [0.05, 0.1) is 25.9 Å². The minimum absolute atomic E-state index is 0.0457. The Kier molecular flexibility index (Phi) is 19.1. The summed E-state index contributed by atoms with van der Waals surface area (Å²) in [5.41, 5.74) is 11.8. The van der Waals surface area contributed by atoms with Gasteiger partial charge in [0.2, 0.25) is 47.3 Å². The largest absolute Gasteiger partial charge is 0.394 e. The van der Waals surface area contributed by atoms with Gasteiger partial charge in [-0.1, -0.05) is 30.3 Å². The lowest BCUT2D eigenvalue weighted by Gasteiger charge is -2.30. The fourth-order valence-electron chi connectivity index (χ4n) is 5.47. The van der Waals surface area contributed by atoms with Crippen LogP contribution in [0.1, 0.15) is 44.6 Å². The van der Waals surface area contributed by atoms with Gasteiger partial charge in [-0.3, -0.25) is 38.4 Å². The molecule has 2 rings (SSSR count). The predicted molar refractivity (Wildman–Crippen MR) is 193 cm³/mol. The molecule has 0 aromatic heterocycles. The van der Waals surface area contributed by atoms with Crippen LogP contribution in [0, 0.1) is 0 Å². The number of benzene rings is 1. The number of nitrogens with two attached hydrogens (primary N) is 2. The van der Waals surface area contributed by atoms with Crippen molar-refractivity contribution in [3.8, 4) is 0 Å². The van der Waals surface area contributed by atoms with Gasteiger partial charge in [0.25, 0.3) is 0 Å². The van der Waals surface area contributed by atoms with E-state index in [0.717, 1.165) is 11.8 Å². The van der Waals surface area contributed by atoms with Crippen molar-refractivity contribution >= 4 is 47.3 Å². The molecule has 1 fully saturated rings. The van der Waals surface area contributed by atoms with Crippen LogP contribution in [0.15, 0.2) is 30.3 Å². The number of likely N-dealkylation sites (N-methyl/N-ethyl adjacent to an activating group) is 1. The summed E-state index contributed by atoms with van der Waals surface area (Å²) in [5.74, 6) is -7.36. The number of aliphatic hydroxyl groups is 4. The monoisotopic (exact) mass is 779 g/mol. The van der Waals surface area contributed by atoms with Crippen molar-refractivity contribution in [2.75, 3.05) is 33.4 Å². The van der Waals surface area contributed by atoms with Gasteiger partial charge in [0.1, 0.15) is 42.3 Å². The minimum atomic E-state index is -1.76. The molecule has 306 valence electrons. The number of hydrogen-bond acceptors (Lipinski definition) is 13. The first-order chi connectivity index (χ1) is 26.0. The first kappa shape index (κ1) is 45.9. The fourth-order valence-corrected chi connectivity index (χ4v) is 5.47. The van der Waals surface area contributed by atoms with E-state index in [0.29, 0.717) is 5.56 Å². The normalized spacial score (nSPS) is 22.7. The summed E-state index contributed by atoms with van der Waals surface area (Å²) in [5, 5.41) is 53.8. The molecule has 1 heterocycles. The molecule has 0 spiro atoms. The molecule has 21 nitrogen and oxygen atoms in total. The van der Waals surface area contributed by atoms with Crippen molar-refractivity contribution < 1.29 is 58.8 Å². The van der Waals surface area contributed by atoms with E-state index in [9.17, 15) is 58.8 Å². The third-order valence-corrected chi connectivity index (χ3v) is 8.79. The molecule has 0 saturated carbocycles. The van der Waals surface area contributed by atoms with E-state index in [-0.39, 0.29) is 45.1 Å². The number of hydrogen-bond donors (Lipinski definition) is 12. The molecule has 21 heteroatoms. The molecule has 1 aliphatic heterocycles. The van der Waals surface area contributed by atoms with E-state index in [2.05, 4.69) is 31.9 Å². The maximum atomic E-state index is 13.6. The van der Waals surface area contributed by atoms with Crippen molar-refractivity contribution in [1.29, 1.82) is 0 Å². The van der Waals surface area contributed by atoms with Crippen LogP contribution < -0.4 is 43.4 Å². The second-order valence-corrected chi connectivity index (χ2v) is 13.1. The third kappa shape index (κ3) is 14.5. The van der Waals surface area contributed by atoms with Crippen LogP contribution in [-0.2, 0) is 44.8 Å². The number of carbonyl (C=O) groups is 8. The highest BCUT2D eigenvalue weighted by Gasteiger charge is 2.36. The van der Waals surface area contributed by atoms with Gasteiger partial charge in [0, 0.05) is 26.4 Å². The summed E-state index contributed by atoms with van der Waals surface area (Å²) in [6, 6.07) is -1.80. The standard InChI is InChI=1S/C34H53N9O12/c1-18(47)27-33(54)40-23(16-45)32(53)39-21(10-6-7-13-37-26(48)12-11-22(31(52)42-27)38-29(50)20(35)15-44)30(51)41-24(17-46)34(55)43(2)25(28(36)49)14-19-8-4-3-5-9-19/h3-5,8-9,18,20-25,27,44-47H,6-7,10-17,35H2,1-2H3,(H2,36,49)(H,37,48)(H,38,50)(H,39,53)(H,40,54)(H,41,51)(H,42,52)/t18?,20-,21-,22-,23-,24-,25-,27-/m0/s1. The smallest absolute Gasteiger partial charge is 0.247 e. The highest BCUT2D eigenvalue weighted by molar-refractivity contribution is 5.97.